The third-order valence-corrected chi connectivity index (χ3v) is 11.4. The number of carbonyl (C=O) groups is 3. The Morgan fingerprint density at radius 1 is 1.02 bits per heavy atom. The number of nitrogens with one attached hydrogen (secondary N) is 2. The van der Waals surface area contributed by atoms with E-state index in [2.05, 4.69) is 36.3 Å². The molecule has 2 aromatic carbocycles. The molecule has 8 nitrogen and oxygen atoms in total. The number of hydrogen-bond acceptors (Lipinski definition) is 6. The Kier molecular flexibility index (Phi) is 8.39. The fourth-order valence-electron chi connectivity index (χ4n) is 7.34. The second kappa shape index (κ2) is 11.7. The Morgan fingerprint density at radius 3 is 2.22 bits per heavy atom. The number of hydrogen-bond donors (Lipinski definition) is 3. The van der Waals surface area contributed by atoms with Crippen molar-refractivity contribution in [3.8, 4) is 0 Å². The molecule has 2 aromatic rings. The number of likely N-dealkylation sites (tertiary alicyclic amines) is 1. The van der Waals surface area contributed by atoms with Gasteiger partial charge < -0.3 is 25.5 Å². The molecule has 7 atom stereocenters. The summed E-state index contributed by atoms with van der Waals surface area (Å²) in [5, 5.41) is 16.5. The van der Waals surface area contributed by atoms with Crippen molar-refractivity contribution in [2.24, 2.45) is 23.7 Å². The Balaban J connectivity index is 1.50. The molecule has 0 saturated carbocycles. The van der Waals surface area contributed by atoms with Gasteiger partial charge in [0.2, 0.25) is 17.7 Å². The van der Waals surface area contributed by atoms with Crippen molar-refractivity contribution >= 4 is 46.5 Å². The number of amides is 3. The molecule has 9 heteroatoms. The average Bonchev–Trinajstić information content (AvgIpc) is 3.55. The average molecular weight is 579 g/mol. The lowest BCUT2D eigenvalue weighted by atomic mass is 9.66. The van der Waals surface area contributed by atoms with E-state index in [-0.39, 0.29) is 41.4 Å². The molecule has 1 spiro atoms. The number of nitrogens with zero attached hydrogens (tertiary/aromatic N) is 2. The smallest absolute Gasteiger partial charge is 0.248 e. The van der Waals surface area contributed by atoms with Crippen molar-refractivity contribution < 1.29 is 19.5 Å². The van der Waals surface area contributed by atoms with Crippen LogP contribution in [0.1, 0.15) is 41.0 Å². The van der Waals surface area contributed by atoms with Gasteiger partial charge in [-0.15, -0.1) is 11.8 Å². The van der Waals surface area contributed by atoms with Gasteiger partial charge in [-0.25, -0.2) is 0 Å². The maximum atomic E-state index is 14.4. The van der Waals surface area contributed by atoms with Crippen molar-refractivity contribution in [3.05, 3.63) is 54.6 Å². The summed E-state index contributed by atoms with van der Waals surface area (Å²) >= 11 is 1.64. The van der Waals surface area contributed by atoms with Crippen LogP contribution in [0.25, 0.3) is 0 Å². The highest BCUT2D eigenvalue weighted by Crippen LogP contribution is 2.69. The number of thioether (sulfide) groups is 1. The Hall–Kier alpha value is -3.04. The van der Waals surface area contributed by atoms with E-state index >= 15 is 0 Å². The van der Waals surface area contributed by atoms with Gasteiger partial charge in [-0.2, -0.15) is 0 Å². The van der Waals surface area contributed by atoms with Gasteiger partial charge in [0.1, 0.15) is 6.04 Å². The minimum Gasteiger partial charge on any atom is -0.394 e. The quantitative estimate of drug-likeness (QED) is 0.385. The van der Waals surface area contributed by atoms with E-state index in [0.717, 1.165) is 25.2 Å². The van der Waals surface area contributed by atoms with Crippen LogP contribution in [0.3, 0.4) is 0 Å². The number of aliphatic hydroxyl groups excluding tert-OH is 1. The van der Waals surface area contributed by atoms with Crippen LogP contribution < -0.4 is 15.5 Å². The minimum absolute atomic E-state index is 0.0459. The fraction of sp³-hybridized carbons (Fsp3) is 0.531. The van der Waals surface area contributed by atoms with Crippen molar-refractivity contribution in [1.29, 1.82) is 0 Å². The van der Waals surface area contributed by atoms with Gasteiger partial charge in [-0.05, 0) is 68.5 Å². The molecular formula is C32H42N4O4S. The number of carbonyl (C=O) groups excluding carboxylic acids is 3. The number of fused-ring (bicyclic) bond motifs is 1. The normalized spacial score (nSPS) is 29.0. The highest BCUT2D eigenvalue weighted by molar-refractivity contribution is 8.02. The van der Waals surface area contributed by atoms with Crippen LogP contribution in [0.2, 0.25) is 0 Å². The summed E-state index contributed by atoms with van der Waals surface area (Å²) in [7, 11) is 0. The minimum atomic E-state index is -0.804. The van der Waals surface area contributed by atoms with E-state index in [0.29, 0.717) is 11.4 Å². The van der Waals surface area contributed by atoms with Gasteiger partial charge in [0, 0.05) is 35.4 Å². The number of aliphatic hydroxyl groups is 1. The van der Waals surface area contributed by atoms with Gasteiger partial charge in [0.25, 0.3) is 0 Å². The summed E-state index contributed by atoms with van der Waals surface area (Å²) in [6, 6.07) is 15.7. The second-order valence-corrected chi connectivity index (χ2v) is 13.4. The molecule has 3 N–H and O–H groups in total. The second-order valence-electron chi connectivity index (χ2n) is 11.9. The lowest BCUT2D eigenvalue weighted by molar-refractivity contribution is -0.142. The maximum Gasteiger partial charge on any atom is 0.248 e. The molecular weight excluding hydrogens is 536 g/mol. The van der Waals surface area contributed by atoms with Crippen molar-refractivity contribution in [1.82, 2.24) is 4.90 Å². The van der Waals surface area contributed by atoms with E-state index < -0.39 is 28.7 Å². The lowest BCUT2D eigenvalue weighted by Gasteiger charge is -2.40. The van der Waals surface area contributed by atoms with Crippen molar-refractivity contribution in [2.45, 2.75) is 63.1 Å². The van der Waals surface area contributed by atoms with Crippen molar-refractivity contribution in [3.63, 3.8) is 0 Å². The Labute approximate surface area is 247 Å². The van der Waals surface area contributed by atoms with Crippen LogP contribution >= 0.6 is 11.8 Å². The summed E-state index contributed by atoms with van der Waals surface area (Å²) in [5.41, 5.74) is 2.43. The highest BCUT2D eigenvalue weighted by Gasteiger charge is 2.76. The van der Waals surface area contributed by atoms with Gasteiger partial charge in [0.15, 0.2) is 0 Å². The summed E-state index contributed by atoms with van der Waals surface area (Å²) in [6.07, 6.45) is 0.753. The molecule has 3 heterocycles. The van der Waals surface area contributed by atoms with E-state index in [1.54, 1.807) is 16.7 Å². The summed E-state index contributed by atoms with van der Waals surface area (Å²) in [5.74, 6) is -1.87. The fourth-order valence-corrected chi connectivity index (χ4v) is 9.75. The first kappa shape index (κ1) is 29.5. The molecule has 3 saturated heterocycles. The summed E-state index contributed by atoms with van der Waals surface area (Å²) in [4.78, 5) is 46.2. The van der Waals surface area contributed by atoms with Crippen molar-refractivity contribution in [2.75, 3.05) is 35.2 Å². The zero-order valence-corrected chi connectivity index (χ0v) is 25.4. The van der Waals surface area contributed by atoms with E-state index in [9.17, 15) is 19.5 Å². The molecule has 3 unspecified atom stereocenters. The molecule has 3 amide bonds. The topological polar surface area (TPSA) is 102 Å². The molecule has 2 bridgehead atoms. The van der Waals surface area contributed by atoms with E-state index in [1.807, 2.05) is 68.4 Å². The zero-order valence-electron chi connectivity index (χ0n) is 24.5. The summed E-state index contributed by atoms with van der Waals surface area (Å²) < 4.78 is -0.756. The monoisotopic (exact) mass is 578 g/mol. The molecule has 3 aliphatic rings. The van der Waals surface area contributed by atoms with Gasteiger partial charge in [0.05, 0.1) is 29.2 Å². The van der Waals surface area contributed by atoms with Crippen LogP contribution in [-0.2, 0) is 14.4 Å². The predicted octanol–water partition coefficient (Wildman–Crippen LogP) is 4.46. The van der Waals surface area contributed by atoms with Crippen LogP contribution in [-0.4, -0.2) is 69.5 Å². The number of anilines is 3. The van der Waals surface area contributed by atoms with Gasteiger partial charge >= 0.3 is 0 Å². The largest absolute Gasteiger partial charge is 0.394 e. The Morgan fingerprint density at radius 2 is 1.63 bits per heavy atom. The molecule has 0 aromatic heterocycles. The highest BCUT2D eigenvalue weighted by atomic mass is 32.2. The van der Waals surface area contributed by atoms with Gasteiger partial charge in [-0.1, -0.05) is 39.0 Å². The number of rotatable bonds is 10. The van der Waals surface area contributed by atoms with Gasteiger partial charge in [-0.3, -0.25) is 14.4 Å². The number of para-hydroxylation sites is 1. The third kappa shape index (κ3) is 4.91. The third-order valence-electron chi connectivity index (χ3n) is 9.35. The van der Waals surface area contributed by atoms with E-state index in [4.69, 9.17) is 0 Å². The molecule has 41 heavy (non-hydrogen) atoms. The summed E-state index contributed by atoms with van der Waals surface area (Å²) in [6.45, 7) is 11.7. The van der Waals surface area contributed by atoms with Crippen LogP contribution in [0.15, 0.2) is 54.6 Å². The van der Waals surface area contributed by atoms with E-state index in [1.165, 1.54) is 0 Å². The predicted molar refractivity (Wildman–Crippen MR) is 165 cm³/mol. The number of benzene rings is 2. The van der Waals surface area contributed by atoms with Crippen LogP contribution in [0, 0.1) is 23.7 Å². The lowest BCUT2D eigenvalue weighted by Crippen LogP contribution is -2.57. The molecule has 0 radical (unpaired) electrons. The molecule has 5 rings (SSSR count). The first-order valence-corrected chi connectivity index (χ1v) is 15.7. The van der Waals surface area contributed by atoms with Crippen LogP contribution in [0.4, 0.5) is 17.1 Å². The zero-order chi connectivity index (χ0) is 29.5. The molecule has 3 fully saturated rings. The molecule has 0 aliphatic carbocycles. The maximum absolute atomic E-state index is 14.4. The SMILES string of the molecule is CCN(CC)c1ccc(NC(=O)C2N([C@@H](CO)C(C)C)C(=O)[C@@H]3[C@H](C(=O)Nc4ccccc4)[C@@H]4CC(C)C23S4)cc1. The molecule has 220 valence electrons. The molecule has 3 aliphatic heterocycles. The first-order valence-electron chi connectivity index (χ1n) is 14.8. The Bertz CT molecular complexity index is 1270. The van der Waals surface area contributed by atoms with Crippen LogP contribution in [0.5, 0.6) is 0 Å². The standard InChI is InChI=1S/C32H42N4O4S/c1-6-35(7-2)23-15-13-22(14-16-23)34-30(39)28-32-20(5)17-25(41-32)26(29(38)33-21-11-9-8-10-12-21)27(32)31(40)36(28)24(18-37)19(3)4/h8-16,19-20,24-28,37H,6-7,17-18H2,1-5H3,(H,33,38)(H,34,39)/t20?,24-,25-,26+,27-,28?,32?/m0/s1. The first-order chi connectivity index (χ1) is 19.7.